The van der Waals surface area contributed by atoms with E-state index >= 15 is 0 Å². The highest BCUT2D eigenvalue weighted by atomic mass is 35.5. The van der Waals surface area contributed by atoms with E-state index in [1.54, 1.807) is 31.4 Å². The molecule has 0 aliphatic heterocycles. The van der Waals surface area contributed by atoms with Crippen molar-refractivity contribution in [2.24, 2.45) is 5.10 Å². The lowest BCUT2D eigenvalue weighted by molar-refractivity contribution is 0.0697. The van der Waals surface area contributed by atoms with E-state index in [1.807, 2.05) is 6.92 Å². The van der Waals surface area contributed by atoms with Gasteiger partial charge in [0.25, 0.3) is 0 Å². The molecule has 0 aliphatic carbocycles. The van der Waals surface area contributed by atoms with Crippen molar-refractivity contribution in [1.29, 1.82) is 5.26 Å². The van der Waals surface area contributed by atoms with Crippen LogP contribution in [0.3, 0.4) is 0 Å². The minimum Gasteiger partial charge on any atom is -0.478 e. The Morgan fingerprint density at radius 1 is 1.40 bits per heavy atom. The van der Waals surface area contributed by atoms with E-state index in [9.17, 15) is 10.1 Å². The van der Waals surface area contributed by atoms with Gasteiger partial charge in [-0.3, -0.25) is 5.43 Å². The van der Waals surface area contributed by atoms with E-state index in [2.05, 4.69) is 21.6 Å². The van der Waals surface area contributed by atoms with Gasteiger partial charge < -0.3 is 14.3 Å². The summed E-state index contributed by atoms with van der Waals surface area (Å²) in [5, 5.41) is 22.7. The molecule has 1 aromatic carbocycles. The van der Waals surface area contributed by atoms with Crippen LogP contribution in [0.1, 0.15) is 32.9 Å². The third-order valence-electron chi connectivity index (χ3n) is 4.11. The number of anilines is 1. The number of hydrogen-bond donors (Lipinski definition) is 2. The molecule has 8 nitrogen and oxygen atoms in total. The van der Waals surface area contributed by atoms with Crippen molar-refractivity contribution in [3.63, 3.8) is 0 Å². The third kappa shape index (κ3) is 4.66. The standard InChI is InChI=1S/C21H17ClN4O4/c1-12-7-14(11-29-2)17(9-23)20(25-12)26-24-10-15-4-6-19(30-15)13-3-5-16(21(27)28)18(22)8-13/h3-8,10H,11H2,1-2H3,(H,25,26)(H,27,28)/b24-10+. The van der Waals surface area contributed by atoms with Gasteiger partial charge in [-0.1, -0.05) is 17.7 Å². The van der Waals surface area contributed by atoms with Gasteiger partial charge in [-0.2, -0.15) is 10.4 Å². The molecule has 152 valence electrons. The fourth-order valence-corrected chi connectivity index (χ4v) is 3.05. The average Bonchev–Trinajstić information content (AvgIpc) is 3.16. The summed E-state index contributed by atoms with van der Waals surface area (Å²) >= 11 is 6.01. The number of rotatable bonds is 7. The van der Waals surface area contributed by atoms with Crippen molar-refractivity contribution in [2.75, 3.05) is 12.5 Å². The van der Waals surface area contributed by atoms with Gasteiger partial charge in [0.1, 0.15) is 23.2 Å². The quantitative estimate of drug-likeness (QED) is 0.424. The number of benzene rings is 1. The number of carboxylic acid groups (broad SMARTS) is 1. The van der Waals surface area contributed by atoms with E-state index in [-0.39, 0.29) is 17.2 Å². The molecule has 0 unspecified atom stereocenters. The normalized spacial score (nSPS) is 10.9. The van der Waals surface area contributed by atoms with Crippen LogP contribution in [0.15, 0.2) is 45.9 Å². The molecule has 0 atom stereocenters. The summed E-state index contributed by atoms with van der Waals surface area (Å²) in [5.74, 6) is 0.173. The number of halogens is 1. The molecule has 30 heavy (non-hydrogen) atoms. The second-order valence-corrected chi connectivity index (χ2v) is 6.67. The molecule has 0 spiro atoms. The molecule has 2 N–H and O–H groups in total. The third-order valence-corrected chi connectivity index (χ3v) is 4.43. The van der Waals surface area contributed by atoms with Crippen molar-refractivity contribution in [3.8, 4) is 17.4 Å². The number of furan rings is 1. The van der Waals surface area contributed by atoms with E-state index in [1.165, 1.54) is 18.3 Å². The summed E-state index contributed by atoms with van der Waals surface area (Å²) in [4.78, 5) is 15.4. The number of aryl methyl sites for hydroxylation is 1. The molecule has 3 aromatic rings. The fraction of sp³-hybridized carbons (Fsp3) is 0.143. The summed E-state index contributed by atoms with van der Waals surface area (Å²) in [6.07, 6.45) is 1.44. The van der Waals surface area contributed by atoms with Crippen LogP contribution >= 0.6 is 11.6 Å². The first-order chi connectivity index (χ1) is 14.4. The predicted octanol–water partition coefficient (Wildman–Crippen LogP) is 4.47. The van der Waals surface area contributed by atoms with Gasteiger partial charge in [-0.05, 0) is 37.3 Å². The lowest BCUT2D eigenvalue weighted by Gasteiger charge is -2.08. The van der Waals surface area contributed by atoms with Crippen LogP contribution in [0.2, 0.25) is 5.02 Å². The number of pyridine rings is 1. The lowest BCUT2D eigenvalue weighted by atomic mass is 10.1. The molecule has 0 radical (unpaired) electrons. The fourth-order valence-electron chi connectivity index (χ4n) is 2.79. The molecule has 0 aliphatic rings. The molecule has 2 heterocycles. The summed E-state index contributed by atoms with van der Waals surface area (Å²) in [5.41, 5.74) is 5.21. The Morgan fingerprint density at radius 2 is 2.20 bits per heavy atom. The largest absolute Gasteiger partial charge is 0.478 e. The minimum atomic E-state index is -1.10. The smallest absolute Gasteiger partial charge is 0.337 e. The SMILES string of the molecule is COCc1cc(C)nc(N/N=C/c2ccc(-c3ccc(C(=O)O)c(Cl)c3)o2)c1C#N. The lowest BCUT2D eigenvalue weighted by Crippen LogP contribution is -2.03. The van der Waals surface area contributed by atoms with Crippen LogP contribution in [0, 0.1) is 18.3 Å². The molecular formula is C21H17ClN4O4. The van der Waals surface area contributed by atoms with Crippen LogP contribution in [0.5, 0.6) is 0 Å². The summed E-state index contributed by atoms with van der Waals surface area (Å²) in [6.45, 7) is 2.10. The van der Waals surface area contributed by atoms with E-state index in [0.29, 0.717) is 34.0 Å². The number of nitriles is 1. The van der Waals surface area contributed by atoms with E-state index < -0.39 is 5.97 Å². The molecule has 0 bridgehead atoms. The molecule has 2 aromatic heterocycles. The van der Waals surface area contributed by atoms with Crippen molar-refractivity contribution in [1.82, 2.24) is 4.98 Å². The number of hydrogen-bond acceptors (Lipinski definition) is 7. The van der Waals surface area contributed by atoms with Crippen LogP contribution in [-0.4, -0.2) is 29.4 Å². The van der Waals surface area contributed by atoms with Crippen molar-refractivity contribution < 1.29 is 19.1 Å². The molecule has 0 saturated heterocycles. The van der Waals surface area contributed by atoms with Gasteiger partial charge >= 0.3 is 5.97 Å². The maximum atomic E-state index is 11.1. The second kappa shape index (κ2) is 9.22. The van der Waals surface area contributed by atoms with Crippen LogP contribution in [0.4, 0.5) is 5.82 Å². The first-order valence-corrected chi connectivity index (χ1v) is 9.12. The van der Waals surface area contributed by atoms with Gasteiger partial charge in [0.2, 0.25) is 0 Å². The Balaban J connectivity index is 1.78. The molecule has 0 saturated carbocycles. The number of nitrogens with zero attached hydrogens (tertiary/aromatic N) is 3. The number of aromatic nitrogens is 1. The van der Waals surface area contributed by atoms with E-state index in [4.69, 9.17) is 25.9 Å². The monoisotopic (exact) mass is 424 g/mol. The van der Waals surface area contributed by atoms with E-state index in [0.717, 1.165) is 5.69 Å². The number of hydrazone groups is 1. The zero-order valence-corrected chi connectivity index (χ0v) is 16.9. The van der Waals surface area contributed by atoms with Gasteiger partial charge in [-0.25, -0.2) is 9.78 Å². The number of nitrogens with one attached hydrogen (secondary N) is 1. The average molecular weight is 425 g/mol. The Kier molecular flexibility index (Phi) is 6.47. The summed E-state index contributed by atoms with van der Waals surface area (Å²) in [7, 11) is 1.55. The molecule has 0 amide bonds. The highest BCUT2D eigenvalue weighted by Crippen LogP contribution is 2.27. The van der Waals surface area contributed by atoms with Gasteiger partial charge in [0, 0.05) is 23.9 Å². The number of ether oxygens (including phenoxy) is 1. The molecule has 0 fully saturated rings. The number of carboxylic acids is 1. The Hall–Kier alpha value is -3.67. The number of carbonyl (C=O) groups is 1. The van der Waals surface area contributed by atoms with Crippen LogP contribution in [0.25, 0.3) is 11.3 Å². The van der Waals surface area contributed by atoms with Gasteiger partial charge in [-0.15, -0.1) is 0 Å². The highest BCUT2D eigenvalue weighted by molar-refractivity contribution is 6.33. The topological polar surface area (TPSA) is 121 Å². The Bertz CT molecular complexity index is 1160. The molecule has 3 rings (SSSR count). The van der Waals surface area contributed by atoms with Gasteiger partial charge in [0.05, 0.1) is 23.4 Å². The van der Waals surface area contributed by atoms with Crippen LogP contribution in [-0.2, 0) is 11.3 Å². The summed E-state index contributed by atoms with van der Waals surface area (Å²) in [6, 6.07) is 11.9. The highest BCUT2D eigenvalue weighted by Gasteiger charge is 2.12. The minimum absolute atomic E-state index is 0.0183. The zero-order chi connectivity index (χ0) is 21.7. The Morgan fingerprint density at radius 3 is 2.87 bits per heavy atom. The van der Waals surface area contributed by atoms with Crippen molar-refractivity contribution in [3.05, 3.63) is 69.6 Å². The maximum Gasteiger partial charge on any atom is 0.337 e. The molecular weight excluding hydrogens is 408 g/mol. The first kappa shape index (κ1) is 21.0. The number of methoxy groups -OCH3 is 1. The predicted molar refractivity (Wildman–Crippen MR) is 112 cm³/mol. The van der Waals surface area contributed by atoms with Crippen molar-refractivity contribution in [2.45, 2.75) is 13.5 Å². The summed E-state index contributed by atoms with van der Waals surface area (Å²) < 4.78 is 10.8. The Labute approximate surface area is 177 Å². The van der Waals surface area contributed by atoms with Gasteiger partial charge in [0.15, 0.2) is 5.82 Å². The second-order valence-electron chi connectivity index (χ2n) is 6.26. The zero-order valence-electron chi connectivity index (χ0n) is 16.1. The van der Waals surface area contributed by atoms with Crippen LogP contribution < -0.4 is 5.43 Å². The molecule has 9 heteroatoms. The van der Waals surface area contributed by atoms with Crippen molar-refractivity contribution >= 4 is 29.6 Å². The maximum absolute atomic E-state index is 11.1. The number of aromatic carboxylic acids is 1. The first-order valence-electron chi connectivity index (χ1n) is 8.74.